The maximum atomic E-state index is 5.75. The van der Waals surface area contributed by atoms with Crippen LogP contribution in [0.3, 0.4) is 0 Å². The summed E-state index contributed by atoms with van der Waals surface area (Å²) in [6, 6.07) is 10.2. The summed E-state index contributed by atoms with van der Waals surface area (Å²) < 4.78 is 7.71. The van der Waals surface area contributed by atoms with Crippen LogP contribution in [0, 0.1) is 5.92 Å². The molecule has 0 spiro atoms. The SMILES string of the molecule is CCCn1ccc(NCc2cccc(OCC(C)C)c2)n1. The molecule has 21 heavy (non-hydrogen) atoms. The molecule has 0 saturated carbocycles. The van der Waals surface area contributed by atoms with Crippen molar-refractivity contribution in [2.75, 3.05) is 11.9 Å². The third-order valence-corrected chi connectivity index (χ3v) is 3.05. The van der Waals surface area contributed by atoms with E-state index >= 15 is 0 Å². The Morgan fingerprint density at radius 1 is 1.29 bits per heavy atom. The molecule has 114 valence electrons. The van der Waals surface area contributed by atoms with Crippen molar-refractivity contribution in [3.05, 3.63) is 42.1 Å². The summed E-state index contributed by atoms with van der Waals surface area (Å²) >= 11 is 0. The Morgan fingerprint density at radius 3 is 2.90 bits per heavy atom. The molecule has 1 aromatic carbocycles. The molecule has 1 heterocycles. The Kier molecular flexibility index (Phi) is 5.67. The van der Waals surface area contributed by atoms with Crippen molar-refractivity contribution in [2.24, 2.45) is 5.92 Å². The van der Waals surface area contributed by atoms with E-state index < -0.39 is 0 Å². The first-order valence-electron chi connectivity index (χ1n) is 7.66. The van der Waals surface area contributed by atoms with Crippen LogP contribution in [0.1, 0.15) is 32.8 Å². The van der Waals surface area contributed by atoms with Gasteiger partial charge in [-0.15, -0.1) is 0 Å². The predicted octanol–water partition coefficient (Wildman–Crippen LogP) is 3.94. The van der Waals surface area contributed by atoms with Gasteiger partial charge in [0.1, 0.15) is 11.6 Å². The Bertz CT molecular complexity index is 548. The van der Waals surface area contributed by atoms with Crippen LogP contribution in [0.25, 0.3) is 0 Å². The van der Waals surface area contributed by atoms with E-state index in [1.165, 1.54) is 5.56 Å². The minimum atomic E-state index is 0.536. The van der Waals surface area contributed by atoms with E-state index in [4.69, 9.17) is 4.74 Å². The van der Waals surface area contributed by atoms with E-state index in [0.717, 1.165) is 37.7 Å². The molecule has 1 aromatic heterocycles. The van der Waals surface area contributed by atoms with Gasteiger partial charge in [-0.1, -0.05) is 32.9 Å². The molecule has 0 amide bonds. The minimum absolute atomic E-state index is 0.536. The Balaban J connectivity index is 1.88. The molecule has 0 aliphatic heterocycles. The number of aromatic nitrogens is 2. The zero-order valence-corrected chi connectivity index (χ0v) is 13.2. The summed E-state index contributed by atoms with van der Waals surface area (Å²) in [6.45, 7) is 8.91. The lowest BCUT2D eigenvalue weighted by atomic mass is 10.2. The first-order valence-corrected chi connectivity index (χ1v) is 7.66. The highest BCUT2D eigenvalue weighted by atomic mass is 16.5. The fourth-order valence-corrected chi connectivity index (χ4v) is 2.01. The third-order valence-electron chi connectivity index (χ3n) is 3.05. The number of rotatable bonds is 8. The predicted molar refractivity (Wildman–Crippen MR) is 86.6 cm³/mol. The molecule has 0 aliphatic carbocycles. The zero-order chi connectivity index (χ0) is 15.1. The second kappa shape index (κ2) is 7.72. The quantitative estimate of drug-likeness (QED) is 0.799. The van der Waals surface area contributed by atoms with Crippen LogP contribution in [0.15, 0.2) is 36.5 Å². The van der Waals surface area contributed by atoms with Crippen molar-refractivity contribution in [3.8, 4) is 5.75 Å². The monoisotopic (exact) mass is 287 g/mol. The number of hydrogen-bond donors (Lipinski definition) is 1. The summed E-state index contributed by atoms with van der Waals surface area (Å²) in [6.07, 6.45) is 3.10. The fraction of sp³-hybridized carbons (Fsp3) is 0.471. The van der Waals surface area contributed by atoms with Crippen LogP contribution < -0.4 is 10.1 Å². The molecule has 4 heteroatoms. The van der Waals surface area contributed by atoms with Gasteiger partial charge < -0.3 is 10.1 Å². The highest BCUT2D eigenvalue weighted by Gasteiger charge is 2.01. The summed E-state index contributed by atoms with van der Waals surface area (Å²) in [5.74, 6) is 2.38. The fourth-order valence-electron chi connectivity index (χ4n) is 2.01. The van der Waals surface area contributed by atoms with Gasteiger partial charge in [-0.3, -0.25) is 4.68 Å². The van der Waals surface area contributed by atoms with Crippen LogP contribution in [0.4, 0.5) is 5.82 Å². The number of nitrogens with zero attached hydrogens (tertiary/aromatic N) is 2. The molecule has 2 rings (SSSR count). The molecular formula is C17H25N3O. The Labute approximate surface area is 127 Å². The molecule has 0 bridgehead atoms. The number of benzene rings is 1. The lowest BCUT2D eigenvalue weighted by Crippen LogP contribution is -2.05. The molecule has 0 atom stereocenters. The smallest absolute Gasteiger partial charge is 0.148 e. The first kappa shape index (κ1) is 15.4. The van der Waals surface area contributed by atoms with Crippen LogP contribution in [0.2, 0.25) is 0 Å². The highest BCUT2D eigenvalue weighted by molar-refractivity contribution is 5.36. The van der Waals surface area contributed by atoms with Gasteiger partial charge in [-0.25, -0.2) is 0 Å². The van der Waals surface area contributed by atoms with Crippen LogP contribution >= 0.6 is 0 Å². The normalized spacial score (nSPS) is 10.9. The molecule has 0 fully saturated rings. The lowest BCUT2D eigenvalue weighted by Gasteiger charge is -2.10. The molecule has 0 unspecified atom stereocenters. The number of nitrogens with one attached hydrogen (secondary N) is 1. The van der Waals surface area contributed by atoms with Crippen molar-refractivity contribution in [1.82, 2.24) is 9.78 Å². The maximum Gasteiger partial charge on any atom is 0.148 e. The maximum absolute atomic E-state index is 5.75. The van der Waals surface area contributed by atoms with Crippen LogP contribution in [-0.2, 0) is 13.1 Å². The van der Waals surface area contributed by atoms with Gasteiger partial charge in [-0.2, -0.15) is 5.10 Å². The van der Waals surface area contributed by atoms with Crippen molar-refractivity contribution in [3.63, 3.8) is 0 Å². The van der Waals surface area contributed by atoms with Gasteiger partial charge >= 0.3 is 0 Å². The largest absolute Gasteiger partial charge is 0.493 e. The molecule has 4 nitrogen and oxygen atoms in total. The molecule has 0 aliphatic rings. The Hall–Kier alpha value is -1.97. The summed E-state index contributed by atoms with van der Waals surface area (Å²) in [4.78, 5) is 0. The summed E-state index contributed by atoms with van der Waals surface area (Å²) in [7, 11) is 0. The average Bonchev–Trinajstić information content (AvgIpc) is 2.92. The zero-order valence-electron chi connectivity index (χ0n) is 13.2. The van der Waals surface area contributed by atoms with Crippen molar-refractivity contribution in [1.29, 1.82) is 0 Å². The molecular weight excluding hydrogens is 262 g/mol. The molecule has 2 aromatic rings. The van der Waals surface area contributed by atoms with Crippen molar-refractivity contribution in [2.45, 2.75) is 40.3 Å². The van der Waals surface area contributed by atoms with E-state index in [1.807, 2.05) is 29.1 Å². The van der Waals surface area contributed by atoms with Crippen molar-refractivity contribution >= 4 is 5.82 Å². The number of hydrogen-bond acceptors (Lipinski definition) is 3. The summed E-state index contributed by atoms with van der Waals surface area (Å²) in [5.41, 5.74) is 1.20. The summed E-state index contributed by atoms with van der Waals surface area (Å²) in [5, 5.41) is 7.82. The van der Waals surface area contributed by atoms with Gasteiger partial charge in [0.15, 0.2) is 0 Å². The standard InChI is InChI=1S/C17H25N3O/c1-4-9-20-10-8-17(19-20)18-12-15-6-5-7-16(11-15)21-13-14(2)3/h5-8,10-11,14H,4,9,12-13H2,1-3H3,(H,18,19). The molecule has 0 radical (unpaired) electrons. The Morgan fingerprint density at radius 2 is 2.14 bits per heavy atom. The van der Waals surface area contributed by atoms with Gasteiger partial charge in [-0.05, 0) is 30.0 Å². The molecule has 0 saturated heterocycles. The second-order valence-electron chi connectivity index (χ2n) is 5.67. The van der Waals surface area contributed by atoms with Gasteiger partial charge in [0.25, 0.3) is 0 Å². The van der Waals surface area contributed by atoms with Gasteiger partial charge in [0.2, 0.25) is 0 Å². The highest BCUT2D eigenvalue weighted by Crippen LogP contribution is 2.15. The van der Waals surface area contributed by atoms with Crippen LogP contribution in [0.5, 0.6) is 5.75 Å². The van der Waals surface area contributed by atoms with Gasteiger partial charge in [0.05, 0.1) is 6.61 Å². The van der Waals surface area contributed by atoms with E-state index in [1.54, 1.807) is 0 Å². The van der Waals surface area contributed by atoms with Gasteiger partial charge in [0, 0.05) is 25.4 Å². The second-order valence-corrected chi connectivity index (χ2v) is 5.67. The van der Waals surface area contributed by atoms with Crippen molar-refractivity contribution < 1.29 is 4.74 Å². The number of anilines is 1. The average molecular weight is 287 g/mol. The van der Waals surface area contributed by atoms with Crippen LogP contribution in [-0.4, -0.2) is 16.4 Å². The molecule has 1 N–H and O–H groups in total. The van der Waals surface area contributed by atoms with E-state index in [-0.39, 0.29) is 0 Å². The minimum Gasteiger partial charge on any atom is -0.493 e. The number of aryl methyl sites for hydroxylation is 1. The van der Waals surface area contributed by atoms with E-state index in [9.17, 15) is 0 Å². The number of ether oxygens (including phenoxy) is 1. The van der Waals surface area contributed by atoms with E-state index in [0.29, 0.717) is 5.92 Å². The third kappa shape index (κ3) is 5.14. The first-order chi connectivity index (χ1) is 10.2. The topological polar surface area (TPSA) is 39.1 Å². The van der Waals surface area contributed by atoms with E-state index in [2.05, 4.69) is 43.3 Å². The lowest BCUT2D eigenvalue weighted by molar-refractivity contribution is 0.271.